The van der Waals surface area contributed by atoms with Crippen LogP contribution in [0.5, 0.6) is 11.5 Å². The number of carbonyl (C=O) groups is 1. The van der Waals surface area contributed by atoms with Crippen molar-refractivity contribution in [2.45, 2.75) is 6.61 Å². The first-order chi connectivity index (χ1) is 9.19. The van der Waals surface area contributed by atoms with Crippen LogP contribution in [-0.4, -0.2) is 12.4 Å². The molecule has 0 aliphatic carbocycles. The van der Waals surface area contributed by atoms with Crippen molar-refractivity contribution in [2.24, 2.45) is 0 Å². The quantitative estimate of drug-likeness (QED) is 0.782. The Balaban J connectivity index is 2.15. The maximum absolute atomic E-state index is 11.2. The van der Waals surface area contributed by atoms with Crippen molar-refractivity contribution in [3.05, 3.63) is 59.7 Å². The molecule has 0 aliphatic rings. The molecular formula is C15H13ClO3. The van der Waals surface area contributed by atoms with Gasteiger partial charge in [-0.05, 0) is 29.3 Å². The average Bonchev–Trinajstić information content (AvgIpc) is 2.45. The maximum atomic E-state index is 11.2. The second-order valence-corrected chi connectivity index (χ2v) is 4.29. The zero-order chi connectivity index (χ0) is 13.7. The summed E-state index contributed by atoms with van der Waals surface area (Å²) >= 11 is 5.47. The molecule has 0 heterocycles. The van der Waals surface area contributed by atoms with Crippen molar-refractivity contribution >= 4 is 16.8 Å². The van der Waals surface area contributed by atoms with E-state index in [4.69, 9.17) is 21.1 Å². The molecule has 0 saturated heterocycles. The predicted molar refractivity (Wildman–Crippen MR) is 74.0 cm³/mol. The van der Waals surface area contributed by atoms with E-state index in [1.807, 2.05) is 30.3 Å². The summed E-state index contributed by atoms with van der Waals surface area (Å²) in [4.78, 5) is 11.2. The number of halogens is 1. The molecule has 0 aromatic heterocycles. The minimum atomic E-state index is -0.538. The van der Waals surface area contributed by atoms with Gasteiger partial charge >= 0.3 is 0 Å². The molecular weight excluding hydrogens is 264 g/mol. The molecule has 2 aromatic rings. The monoisotopic (exact) mass is 276 g/mol. The molecule has 4 heteroatoms. The highest BCUT2D eigenvalue weighted by molar-refractivity contribution is 6.67. The summed E-state index contributed by atoms with van der Waals surface area (Å²) < 4.78 is 10.7. The second-order valence-electron chi connectivity index (χ2n) is 3.95. The van der Waals surface area contributed by atoms with Crippen LogP contribution < -0.4 is 9.47 Å². The van der Waals surface area contributed by atoms with Crippen molar-refractivity contribution in [3.8, 4) is 11.5 Å². The van der Waals surface area contributed by atoms with Gasteiger partial charge in [0, 0.05) is 11.6 Å². The van der Waals surface area contributed by atoms with E-state index < -0.39 is 5.24 Å². The Hall–Kier alpha value is -2.00. The van der Waals surface area contributed by atoms with E-state index in [9.17, 15) is 4.79 Å². The first-order valence-electron chi connectivity index (χ1n) is 5.74. The van der Waals surface area contributed by atoms with Crippen LogP contribution in [0.15, 0.2) is 48.5 Å². The van der Waals surface area contributed by atoms with E-state index in [1.54, 1.807) is 18.2 Å². The van der Waals surface area contributed by atoms with Gasteiger partial charge in [0.15, 0.2) is 0 Å². The van der Waals surface area contributed by atoms with E-state index in [1.165, 1.54) is 7.11 Å². The minimum absolute atomic E-state index is 0.351. The highest BCUT2D eigenvalue weighted by Gasteiger charge is 2.07. The van der Waals surface area contributed by atoms with Crippen LogP contribution >= 0.6 is 11.6 Å². The molecule has 0 amide bonds. The molecule has 0 fully saturated rings. The lowest BCUT2D eigenvalue weighted by atomic mass is 10.2. The molecule has 0 bridgehead atoms. The summed E-state index contributed by atoms with van der Waals surface area (Å²) in [5, 5.41) is -0.538. The number of rotatable bonds is 5. The third-order valence-corrected chi connectivity index (χ3v) is 2.81. The number of carbonyl (C=O) groups excluding carboxylic acids is 1. The van der Waals surface area contributed by atoms with Crippen LogP contribution in [0.2, 0.25) is 0 Å². The van der Waals surface area contributed by atoms with Crippen LogP contribution in [0, 0.1) is 0 Å². The second kappa shape index (κ2) is 6.25. The summed E-state index contributed by atoms with van der Waals surface area (Å²) in [6.07, 6.45) is 0. The number of ether oxygens (including phenoxy) is 2. The van der Waals surface area contributed by atoms with E-state index in [-0.39, 0.29) is 0 Å². The highest BCUT2D eigenvalue weighted by atomic mass is 35.5. The topological polar surface area (TPSA) is 35.5 Å². The number of methoxy groups -OCH3 is 1. The van der Waals surface area contributed by atoms with Gasteiger partial charge in [-0.3, -0.25) is 4.79 Å². The van der Waals surface area contributed by atoms with E-state index >= 15 is 0 Å². The maximum Gasteiger partial charge on any atom is 0.252 e. The summed E-state index contributed by atoms with van der Waals surface area (Å²) in [6.45, 7) is 0.421. The zero-order valence-corrected chi connectivity index (χ0v) is 11.2. The lowest BCUT2D eigenvalue weighted by Crippen LogP contribution is -1.98. The molecule has 2 rings (SSSR count). The largest absolute Gasteiger partial charge is 0.497 e. The summed E-state index contributed by atoms with van der Waals surface area (Å²) in [5.74, 6) is 1.08. The number of hydrogen-bond donors (Lipinski definition) is 0. The smallest absolute Gasteiger partial charge is 0.252 e. The molecule has 98 valence electrons. The third kappa shape index (κ3) is 3.73. The molecule has 0 radical (unpaired) electrons. The van der Waals surface area contributed by atoms with Crippen molar-refractivity contribution in [3.63, 3.8) is 0 Å². The molecule has 3 nitrogen and oxygen atoms in total. The molecule has 0 saturated carbocycles. The van der Waals surface area contributed by atoms with E-state index in [0.717, 1.165) is 5.56 Å². The van der Waals surface area contributed by atoms with Gasteiger partial charge in [-0.25, -0.2) is 0 Å². The lowest BCUT2D eigenvalue weighted by molar-refractivity contribution is 0.108. The highest BCUT2D eigenvalue weighted by Crippen LogP contribution is 2.24. The van der Waals surface area contributed by atoms with Gasteiger partial charge < -0.3 is 9.47 Å². The van der Waals surface area contributed by atoms with Gasteiger partial charge in [0.2, 0.25) is 0 Å². The van der Waals surface area contributed by atoms with Crippen LogP contribution in [0.4, 0.5) is 0 Å². The Morgan fingerprint density at radius 2 is 1.79 bits per heavy atom. The van der Waals surface area contributed by atoms with Gasteiger partial charge in [0.1, 0.15) is 18.1 Å². The fraction of sp³-hybridized carbons (Fsp3) is 0.133. The first-order valence-corrected chi connectivity index (χ1v) is 6.12. The molecule has 19 heavy (non-hydrogen) atoms. The molecule has 2 aromatic carbocycles. The van der Waals surface area contributed by atoms with Crippen molar-refractivity contribution in [2.75, 3.05) is 7.11 Å². The van der Waals surface area contributed by atoms with Gasteiger partial charge in [0.25, 0.3) is 5.24 Å². The van der Waals surface area contributed by atoms with Crippen LogP contribution in [0.1, 0.15) is 15.9 Å². The lowest BCUT2D eigenvalue weighted by Gasteiger charge is -2.09. The van der Waals surface area contributed by atoms with Crippen LogP contribution in [0.3, 0.4) is 0 Å². The van der Waals surface area contributed by atoms with Crippen molar-refractivity contribution in [1.82, 2.24) is 0 Å². The molecule has 0 atom stereocenters. The number of benzene rings is 2. The Kier molecular flexibility index (Phi) is 4.42. The molecule has 0 unspecified atom stereocenters. The third-order valence-electron chi connectivity index (χ3n) is 2.59. The first kappa shape index (κ1) is 13.4. The van der Waals surface area contributed by atoms with Gasteiger partial charge in [-0.15, -0.1) is 0 Å². The minimum Gasteiger partial charge on any atom is -0.497 e. The summed E-state index contributed by atoms with van der Waals surface area (Å²) in [5.41, 5.74) is 1.40. The molecule has 0 N–H and O–H groups in total. The Bertz CT molecular complexity index is 567. The Morgan fingerprint density at radius 3 is 2.42 bits per heavy atom. The van der Waals surface area contributed by atoms with Crippen LogP contribution in [0.25, 0.3) is 0 Å². The normalized spacial score (nSPS) is 10.0. The number of hydrogen-bond acceptors (Lipinski definition) is 3. The molecule has 0 aliphatic heterocycles. The Morgan fingerprint density at radius 1 is 1.11 bits per heavy atom. The van der Waals surface area contributed by atoms with Gasteiger partial charge in [0.05, 0.1) is 7.11 Å². The fourth-order valence-electron chi connectivity index (χ4n) is 1.63. The Labute approximate surface area is 116 Å². The van der Waals surface area contributed by atoms with Crippen molar-refractivity contribution in [1.29, 1.82) is 0 Å². The summed E-state index contributed by atoms with van der Waals surface area (Å²) in [6, 6.07) is 14.6. The summed E-state index contributed by atoms with van der Waals surface area (Å²) in [7, 11) is 1.53. The van der Waals surface area contributed by atoms with Crippen molar-refractivity contribution < 1.29 is 14.3 Å². The molecule has 0 spiro atoms. The average molecular weight is 277 g/mol. The fourth-order valence-corrected chi connectivity index (χ4v) is 1.74. The van der Waals surface area contributed by atoms with Gasteiger partial charge in [-0.2, -0.15) is 0 Å². The zero-order valence-electron chi connectivity index (χ0n) is 10.4. The van der Waals surface area contributed by atoms with E-state index in [0.29, 0.717) is 23.7 Å². The van der Waals surface area contributed by atoms with Crippen LogP contribution in [-0.2, 0) is 6.61 Å². The standard InChI is InChI=1S/C15H13ClO3/c1-18-13-7-12(15(16)17)8-14(9-13)19-10-11-5-3-2-4-6-11/h2-9H,10H2,1H3. The predicted octanol–water partition coefficient (Wildman–Crippen LogP) is 3.65. The van der Waals surface area contributed by atoms with E-state index in [2.05, 4.69) is 0 Å². The van der Waals surface area contributed by atoms with Gasteiger partial charge in [-0.1, -0.05) is 30.3 Å². The SMILES string of the molecule is COc1cc(OCc2ccccc2)cc(C(=O)Cl)c1.